The van der Waals surface area contributed by atoms with Crippen molar-refractivity contribution in [1.29, 1.82) is 0 Å². The van der Waals surface area contributed by atoms with Gasteiger partial charge in [0.05, 0.1) is 21.4 Å². The van der Waals surface area contributed by atoms with Gasteiger partial charge in [0, 0.05) is 6.07 Å². The highest BCUT2D eigenvalue weighted by molar-refractivity contribution is 7.94. The van der Waals surface area contributed by atoms with Crippen LogP contribution >= 0.6 is 0 Å². The molecule has 1 aromatic rings. The van der Waals surface area contributed by atoms with Crippen molar-refractivity contribution in [3.8, 4) is 0 Å². The molecule has 0 heterocycles. The van der Waals surface area contributed by atoms with Gasteiger partial charge < -0.3 is 0 Å². The van der Waals surface area contributed by atoms with Crippen molar-refractivity contribution in [1.82, 2.24) is 0 Å². The van der Waals surface area contributed by atoms with Gasteiger partial charge in [0.1, 0.15) is 5.82 Å². The van der Waals surface area contributed by atoms with Crippen LogP contribution in [0.4, 0.5) is 15.8 Å². The van der Waals surface area contributed by atoms with E-state index in [4.69, 9.17) is 0 Å². The Balaban J connectivity index is 3.17. The molecular formula is C10H13FN2O4S. The minimum absolute atomic E-state index is 0.170. The Morgan fingerprint density at radius 2 is 1.83 bits per heavy atom. The molecule has 0 unspecified atom stereocenters. The van der Waals surface area contributed by atoms with E-state index in [9.17, 15) is 22.9 Å². The molecule has 0 aliphatic rings. The molecular weight excluding hydrogens is 263 g/mol. The molecule has 0 bridgehead atoms. The molecule has 0 saturated heterocycles. The summed E-state index contributed by atoms with van der Waals surface area (Å²) in [6.07, 6.45) is 0. The molecule has 8 heteroatoms. The Bertz CT molecular complexity index is 578. The summed E-state index contributed by atoms with van der Waals surface area (Å²) in [4.78, 5) is 9.74. The van der Waals surface area contributed by atoms with Gasteiger partial charge >= 0.3 is 0 Å². The molecule has 1 aromatic carbocycles. The van der Waals surface area contributed by atoms with Crippen LogP contribution in [0.3, 0.4) is 0 Å². The zero-order valence-electron chi connectivity index (χ0n) is 10.1. The van der Waals surface area contributed by atoms with Crippen molar-refractivity contribution >= 4 is 21.4 Å². The van der Waals surface area contributed by atoms with Crippen LogP contribution in [-0.4, -0.2) is 18.1 Å². The van der Waals surface area contributed by atoms with E-state index in [0.717, 1.165) is 18.2 Å². The summed E-state index contributed by atoms with van der Waals surface area (Å²) in [7, 11) is -3.75. The van der Waals surface area contributed by atoms with E-state index in [0.29, 0.717) is 0 Å². The average Bonchev–Trinajstić information content (AvgIpc) is 2.13. The highest BCUT2D eigenvalue weighted by Gasteiger charge is 2.29. The Hall–Kier alpha value is -1.70. The van der Waals surface area contributed by atoms with Crippen molar-refractivity contribution in [3.05, 3.63) is 34.1 Å². The quantitative estimate of drug-likeness (QED) is 0.677. The summed E-state index contributed by atoms with van der Waals surface area (Å²) in [5, 5.41) is 10.5. The second-order valence-corrected chi connectivity index (χ2v) is 7.11. The third-order valence-corrected chi connectivity index (χ3v) is 4.27. The molecule has 0 spiro atoms. The fourth-order valence-electron chi connectivity index (χ4n) is 1.05. The maximum absolute atomic E-state index is 13.1. The number of nitro groups is 1. The molecule has 1 N–H and O–H groups in total. The van der Waals surface area contributed by atoms with E-state index in [-0.39, 0.29) is 5.69 Å². The second kappa shape index (κ2) is 4.52. The highest BCUT2D eigenvalue weighted by atomic mass is 32.2. The van der Waals surface area contributed by atoms with Gasteiger partial charge in [-0.05, 0) is 26.8 Å². The first-order chi connectivity index (χ1) is 8.03. The molecule has 1 rings (SSSR count). The standard InChI is InChI=1S/C10H13FN2O4S/c1-10(2,3)18(16,17)12-8-4-7(11)5-9(6-8)13(14)15/h4-6,12H,1-3H3. The molecule has 0 saturated carbocycles. The summed E-state index contributed by atoms with van der Waals surface area (Å²) in [5.41, 5.74) is -0.682. The zero-order valence-corrected chi connectivity index (χ0v) is 10.9. The van der Waals surface area contributed by atoms with E-state index in [2.05, 4.69) is 4.72 Å². The van der Waals surface area contributed by atoms with Crippen molar-refractivity contribution in [2.24, 2.45) is 0 Å². The third-order valence-electron chi connectivity index (χ3n) is 2.15. The van der Waals surface area contributed by atoms with E-state index < -0.39 is 31.2 Å². The summed E-state index contributed by atoms with van der Waals surface area (Å²) in [5.74, 6) is -0.879. The highest BCUT2D eigenvalue weighted by Crippen LogP contribution is 2.24. The Labute approximate surface area is 104 Å². The Morgan fingerprint density at radius 3 is 2.28 bits per heavy atom. The van der Waals surface area contributed by atoms with Gasteiger partial charge in [-0.15, -0.1) is 0 Å². The van der Waals surface area contributed by atoms with Crippen LogP contribution in [-0.2, 0) is 10.0 Å². The number of sulfonamides is 1. The summed E-state index contributed by atoms with van der Waals surface area (Å²) >= 11 is 0. The van der Waals surface area contributed by atoms with E-state index in [1.165, 1.54) is 20.8 Å². The third kappa shape index (κ3) is 3.16. The van der Waals surface area contributed by atoms with Crippen LogP contribution in [0.2, 0.25) is 0 Å². The van der Waals surface area contributed by atoms with Gasteiger partial charge in [0.2, 0.25) is 10.0 Å². The normalized spacial score (nSPS) is 12.2. The number of benzene rings is 1. The molecule has 0 radical (unpaired) electrons. The predicted molar refractivity (Wildman–Crippen MR) is 65.3 cm³/mol. The fourth-order valence-corrected chi connectivity index (χ4v) is 1.78. The van der Waals surface area contributed by atoms with Crippen molar-refractivity contribution in [3.63, 3.8) is 0 Å². The zero-order chi connectivity index (χ0) is 14.1. The summed E-state index contributed by atoms with van der Waals surface area (Å²) in [6.45, 7) is 4.38. The van der Waals surface area contributed by atoms with Crippen molar-refractivity contribution in [2.45, 2.75) is 25.5 Å². The van der Waals surface area contributed by atoms with E-state index >= 15 is 0 Å². The van der Waals surface area contributed by atoms with Gasteiger partial charge in [0.15, 0.2) is 0 Å². The van der Waals surface area contributed by atoms with Crippen LogP contribution in [0, 0.1) is 15.9 Å². The topological polar surface area (TPSA) is 89.3 Å². The lowest BCUT2D eigenvalue weighted by atomic mass is 10.3. The first kappa shape index (κ1) is 14.4. The minimum atomic E-state index is -3.75. The number of hydrogen-bond donors (Lipinski definition) is 1. The molecule has 0 amide bonds. The molecule has 100 valence electrons. The fraction of sp³-hybridized carbons (Fsp3) is 0.400. The SMILES string of the molecule is CC(C)(C)S(=O)(=O)Nc1cc(F)cc([N+](=O)[O-])c1. The van der Waals surface area contributed by atoms with E-state index in [1.807, 2.05) is 0 Å². The number of halogens is 1. The Morgan fingerprint density at radius 1 is 1.28 bits per heavy atom. The summed E-state index contributed by atoms with van der Waals surface area (Å²) in [6, 6.07) is 2.57. The maximum Gasteiger partial charge on any atom is 0.274 e. The lowest BCUT2D eigenvalue weighted by Gasteiger charge is -2.20. The monoisotopic (exact) mass is 276 g/mol. The average molecular weight is 276 g/mol. The summed E-state index contributed by atoms with van der Waals surface area (Å²) < 4.78 is 37.8. The van der Waals surface area contributed by atoms with Crippen LogP contribution < -0.4 is 4.72 Å². The lowest BCUT2D eigenvalue weighted by molar-refractivity contribution is -0.385. The molecule has 0 fully saturated rings. The predicted octanol–water partition coefficient (Wildman–Crippen LogP) is 2.27. The second-order valence-electron chi connectivity index (χ2n) is 4.67. The van der Waals surface area contributed by atoms with Crippen LogP contribution in [0.15, 0.2) is 18.2 Å². The minimum Gasteiger partial charge on any atom is -0.283 e. The molecule has 6 nitrogen and oxygen atoms in total. The number of rotatable bonds is 3. The number of nitrogens with one attached hydrogen (secondary N) is 1. The first-order valence-corrected chi connectivity index (χ1v) is 6.48. The lowest BCUT2D eigenvalue weighted by Crippen LogP contribution is -2.33. The van der Waals surface area contributed by atoms with Gasteiger partial charge in [-0.3, -0.25) is 14.8 Å². The van der Waals surface area contributed by atoms with Crippen LogP contribution in [0.5, 0.6) is 0 Å². The number of nitrogens with zero attached hydrogens (tertiary/aromatic N) is 1. The molecule has 18 heavy (non-hydrogen) atoms. The van der Waals surface area contributed by atoms with Crippen molar-refractivity contribution < 1.29 is 17.7 Å². The van der Waals surface area contributed by atoms with Gasteiger partial charge in [-0.1, -0.05) is 0 Å². The molecule has 0 aliphatic carbocycles. The van der Waals surface area contributed by atoms with E-state index in [1.54, 1.807) is 0 Å². The first-order valence-electron chi connectivity index (χ1n) is 5.00. The van der Waals surface area contributed by atoms with Gasteiger partial charge in [0.25, 0.3) is 5.69 Å². The molecule has 0 aliphatic heterocycles. The number of hydrogen-bond acceptors (Lipinski definition) is 4. The Kier molecular flexibility index (Phi) is 3.61. The van der Waals surface area contributed by atoms with Gasteiger partial charge in [-0.25, -0.2) is 12.8 Å². The van der Waals surface area contributed by atoms with Crippen LogP contribution in [0.25, 0.3) is 0 Å². The molecule has 0 aromatic heterocycles. The smallest absolute Gasteiger partial charge is 0.274 e. The number of anilines is 1. The maximum atomic E-state index is 13.1. The van der Waals surface area contributed by atoms with Crippen LogP contribution in [0.1, 0.15) is 20.8 Å². The van der Waals surface area contributed by atoms with Crippen molar-refractivity contribution in [2.75, 3.05) is 4.72 Å². The number of non-ortho nitro benzene ring substituents is 1. The number of nitro benzene ring substituents is 1. The van der Waals surface area contributed by atoms with Gasteiger partial charge in [-0.2, -0.15) is 0 Å². The molecule has 0 atom stereocenters. The largest absolute Gasteiger partial charge is 0.283 e.